The molecule has 0 N–H and O–H groups in total. The number of nitrogens with zero attached hydrogens (tertiary/aromatic N) is 2. The summed E-state index contributed by atoms with van der Waals surface area (Å²) in [6.07, 6.45) is 3.21. The molecule has 5 heteroatoms. The van der Waals surface area contributed by atoms with Crippen molar-refractivity contribution >= 4 is 5.78 Å². The first-order chi connectivity index (χ1) is 9.24. The van der Waals surface area contributed by atoms with Crippen LogP contribution in [0.5, 0.6) is 11.6 Å². The van der Waals surface area contributed by atoms with Gasteiger partial charge in [0.15, 0.2) is 11.5 Å². The molecule has 2 rings (SSSR count). The van der Waals surface area contributed by atoms with Crippen LogP contribution in [0.25, 0.3) is 0 Å². The van der Waals surface area contributed by atoms with Crippen LogP contribution in [0.15, 0.2) is 36.7 Å². The first-order valence-corrected chi connectivity index (χ1v) is 5.75. The SMILES string of the molecule is COc1ccc(CC(=O)c2nccnc2OC)cc1. The molecule has 0 bridgehead atoms. The summed E-state index contributed by atoms with van der Waals surface area (Å²) in [5, 5.41) is 0. The average molecular weight is 258 g/mol. The largest absolute Gasteiger partial charge is 0.497 e. The van der Waals surface area contributed by atoms with Gasteiger partial charge in [0.05, 0.1) is 14.2 Å². The van der Waals surface area contributed by atoms with Crippen molar-refractivity contribution in [3.8, 4) is 11.6 Å². The lowest BCUT2D eigenvalue weighted by molar-refractivity contribution is 0.0984. The Labute approximate surface area is 111 Å². The molecule has 1 aromatic heterocycles. The van der Waals surface area contributed by atoms with Crippen molar-refractivity contribution in [2.75, 3.05) is 14.2 Å². The van der Waals surface area contributed by atoms with E-state index >= 15 is 0 Å². The molecule has 98 valence electrons. The molecular formula is C14H14N2O3. The lowest BCUT2D eigenvalue weighted by Gasteiger charge is -2.05. The minimum absolute atomic E-state index is 0.130. The van der Waals surface area contributed by atoms with Gasteiger partial charge in [0.25, 0.3) is 0 Å². The highest BCUT2D eigenvalue weighted by molar-refractivity contribution is 5.97. The molecule has 0 aliphatic heterocycles. The molecule has 0 atom stereocenters. The van der Waals surface area contributed by atoms with E-state index in [1.165, 1.54) is 19.5 Å². The average Bonchev–Trinajstić information content (AvgIpc) is 2.48. The minimum atomic E-state index is -0.130. The van der Waals surface area contributed by atoms with E-state index in [4.69, 9.17) is 9.47 Å². The van der Waals surface area contributed by atoms with Crippen molar-refractivity contribution in [2.24, 2.45) is 0 Å². The number of hydrogen-bond acceptors (Lipinski definition) is 5. The number of ketones is 1. The van der Waals surface area contributed by atoms with E-state index < -0.39 is 0 Å². The van der Waals surface area contributed by atoms with Gasteiger partial charge in [0, 0.05) is 18.8 Å². The number of hydrogen-bond donors (Lipinski definition) is 0. The lowest BCUT2D eigenvalue weighted by atomic mass is 10.1. The summed E-state index contributed by atoms with van der Waals surface area (Å²) < 4.78 is 10.1. The van der Waals surface area contributed by atoms with Crippen molar-refractivity contribution in [3.63, 3.8) is 0 Å². The van der Waals surface area contributed by atoms with E-state index in [1.807, 2.05) is 24.3 Å². The zero-order chi connectivity index (χ0) is 13.7. The molecule has 1 aromatic carbocycles. The molecular weight excluding hydrogens is 244 g/mol. The smallest absolute Gasteiger partial charge is 0.243 e. The minimum Gasteiger partial charge on any atom is -0.497 e. The second kappa shape index (κ2) is 5.95. The van der Waals surface area contributed by atoms with Crippen molar-refractivity contribution in [1.29, 1.82) is 0 Å². The third-order valence-corrected chi connectivity index (χ3v) is 2.65. The Morgan fingerprint density at radius 1 is 1.05 bits per heavy atom. The molecule has 0 amide bonds. The van der Waals surface area contributed by atoms with Gasteiger partial charge >= 0.3 is 0 Å². The molecule has 0 aliphatic carbocycles. The quantitative estimate of drug-likeness (QED) is 0.767. The van der Waals surface area contributed by atoms with Crippen LogP contribution < -0.4 is 9.47 Å². The molecule has 0 saturated carbocycles. The predicted octanol–water partition coefficient (Wildman–Crippen LogP) is 1.92. The summed E-state index contributed by atoms with van der Waals surface area (Å²) in [4.78, 5) is 20.1. The fourth-order valence-corrected chi connectivity index (χ4v) is 1.68. The van der Waals surface area contributed by atoms with Gasteiger partial charge in [-0.05, 0) is 17.7 Å². The van der Waals surface area contributed by atoms with Crippen LogP contribution in [-0.2, 0) is 6.42 Å². The van der Waals surface area contributed by atoms with Gasteiger partial charge in [0.2, 0.25) is 5.88 Å². The van der Waals surface area contributed by atoms with Gasteiger partial charge in [-0.1, -0.05) is 12.1 Å². The molecule has 0 radical (unpaired) electrons. The maximum absolute atomic E-state index is 12.1. The third-order valence-electron chi connectivity index (χ3n) is 2.65. The fraction of sp³-hybridized carbons (Fsp3) is 0.214. The molecule has 0 unspecified atom stereocenters. The molecule has 5 nitrogen and oxygen atoms in total. The standard InChI is InChI=1S/C14H14N2O3/c1-18-11-5-3-10(4-6-11)9-12(17)13-14(19-2)16-8-7-15-13/h3-8H,9H2,1-2H3. The van der Waals surface area contributed by atoms with Crippen molar-refractivity contribution in [1.82, 2.24) is 9.97 Å². The zero-order valence-electron chi connectivity index (χ0n) is 10.8. The Bertz CT molecular complexity index is 567. The second-order valence-electron chi connectivity index (χ2n) is 3.86. The van der Waals surface area contributed by atoms with Crippen LogP contribution in [0.1, 0.15) is 16.1 Å². The maximum Gasteiger partial charge on any atom is 0.243 e. The molecule has 0 fully saturated rings. The molecule has 0 saturated heterocycles. The topological polar surface area (TPSA) is 61.3 Å². The van der Waals surface area contributed by atoms with Crippen LogP contribution in [0.2, 0.25) is 0 Å². The molecule has 0 spiro atoms. The summed E-state index contributed by atoms with van der Waals surface area (Å²) in [6.45, 7) is 0. The number of ether oxygens (including phenoxy) is 2. The predicted molar refractivity (Wildman–Crippen MR) is 69.6 cm³/mol. The first kappa shape index (κ1) is 13.0. The van der Waals surface area contributed by atoms with E-state index in [9.17, 15) is 4.79 Å². The normalized spacial score (nSPS) is 10.0. The van der Waals surface area contributed by atoms with E-state index in [0.717, 1.165) is 11.3 Å². The highest BCUT2D eigenvalue weighted by atomic mass is 16.5. The zero-order valence-corrected chi connectivity index (χ0v) is 10.8. The maximum atomic E-state index is 12.1. The van der Waals surface area contributed by atoms with Crippen molar-refractivity contribution in [3.05, 3.63) is 47.9 Å². The van der Waals surface area contributed by atoms with Gasteiger partial charge in [-0.3, -0.25) is 4.79 Å². The van der Waals surface area contributed by atoms with Gasteiger partial charge < -0.3 is 9.47 Å². The molecule has 19 heavy (non-hydrogen) atoms. The number of carbonyl (C=O) groups is 1. The number of carbonyl (C=O) groups excluding carboxylic acids is 1. The van der Waals surface area contributed by atoms with Gasteiger partial charge in [0.1, 0.15) is 5.75 Å². The Balaban J connectivity index is 2.16. The van der Waals surface area contributed by atoms with Crippen LogP contribution in [-0.4, -0.2) is 30.0 Å². The summed E-state index contributed by atoms with van der Waals surface area (Å²) in [7, 11) is 3.07. The number of methoxy groups -OCH3 is 2. The lowest BCUT2D eigenvalue weighted by Crippen LogP contribution is -2.09. The van der Waals surface area contributed by atoms with Crippen LogP contribution in [0.3, 0.4) is 0 Å². The first-order valence-electron chi connectivity index (χ1n) is 5.75. The van der Waals surface area contributed by atoms with Gasteiger partial charge in [-0.25, -0.2) is 9.97 Å². The van der Waals surface area contributed by atoms with Crippen LogP contribution in [0.4, 0.5) is 0 Å². The Kier molecular flexibility index (Phi) is 4.07. The molecule has 2 aromatic rings. The summed E-state index contributed by atoms with van der Waals surface area (Å²) in [6, 6.07) is 7.33. The van der Waals surface area contributed by atoms with E-state index in [-0.39, 0.29) is 23.8 Å². The highest BCUT2D eigenvalue weighted by Crippen LogP contribution is 2.16. The van der Waals surface area contributed by atoms with Crippen molar-refractivity contribution < 1.29 is 14.3 Å². The number of Topliss-reactive ketones (excluding diaryl/α,β-unsaturated/α-hetero) is 1. The van der Waals surface area contributed by atoms with E-state index in [0.29, 0.717) is 0 Å². The Hall–Kier alpha value is -2.43. The number of benzene rings is 1. The van der Waals surface area contributed by atoms with E-state index in [1.54, 1.807) is 7.11 Å². The summed E-state index contributed by atoms with van der Waals surface area (Å²) in [5.74, 6) is 0.879. The van der Waals surface area contributed by atoms with Crippen molar-refractivity contribution in [2.45, 2.75) is 6.42 Å². The van der Waals surface area contributed by atoms with Crippen LogP contribution >= 0.6 is 0 Å². The molecule has 0 aliphatic rings. The van der Waals surface area contributed by atoms with E-state index in [2.05, 4.69) is 9.97 Å². The van der Waals surface area contributed by atoms with Gasteiger partial charge in [-0.2, -0.15) is 0 Å². The Morgan fingerprint density at radius 3 is 2.37 bits per heavy atom. The summed E-state index contributed by atoms with van der Waals surface area (Å²) >= 11 is 0. The number of aromatic nitrogens is 2. The number of rotatable bonds is 5. The van der Waals surface area contributed by atoms with Crippen LogP contribution in [0, 0.1) is 0 Å². The molecule has 1 heterocycles. The fourth-order valence-electron chi connectivity index (χ4n) is 1.68. The van der Waals surface area contributed by atoms with Gasteiger partial charge in [-0.15, -0.1) is 0 Å². The highest BCUT2D eigenvalue weighted by Gasteiger charge is 2.15. The summed E-state index contributed by atoms with van der Waals surface area (Å²) in [5.41, 5.74) is 1.14. The second-order valence-corrected chi connectivity index (χ2v) is 3.86. The Morgan fingerprint density at radius 2 is 1.74 bits per heavy atom. The monoisotopic (exact) mass is 258 g/mol. The third kappa shape index (κ3) is 3.07.